The van der Waals surface area contributed by atoms with Crippen LogP contribution in [0.25, 0.3) is 0 Å². The normalized spacial score (nSPS) is 13.5. The molecule has 2 aliphatic carbocycles. The monoisotopic (exact) mass is 666 g/mol. The second kappa shape index (κ2) is 17.3. The zero-order chi connectivity index (χ0) is 28.1. The molecule has 3 aromatic heterocycles. The molecule has 0 atom stereocenters. The molecule has 0 amide bonds. The summed E-state index contributed by atoms with van der Waals surface area (Å²) < 4.78 is 0.536. The van der Waals surface area contributed by atoms with Crippen molar-refractivity contribution in [3.8, 4) is 0 Å². The summed E-state index contributed by atoms with van der Waals surface area (Å²) in [5, 5.41) is 38.2. The number of rotatable bonds is 4. The Morgan fingerprint density at radius 1 is 0.795 bits per heavy atom. The van der Waals surface area contributed by atoms with Gasteiger partial charge in [0.15, 0.2) is 9.05 Å². The third-order valence-electron chi connectivity index (χ3n) is 4.64. The summed E-state index contributed by atoms with van der Waals surface area (Å²) in [6, 6.07) is 0. The number of halogens is 1. The van der Waals surface area contributed by atoms with Gasteiger partial charge in [-0.2, -0.15) is 0 Å². The minimum absolute atomic E-state index is 0. The van der Waals surface area contributed by atoms with E-state index in [1.807, 2.05) is 0 Å². The van der Waals surface area contributed by atoms with E-state index >= 15 is 0 Å². The summed E-state index contributed by atoms with van der Waals surface area (Å²) in [4.78, 5) is 44.2. The molecule has 5 rings (SSSR count). The van der Waals surface area contributed by atoms with Gasteiger partial charge in [-0.15, -0.1) is 0 Å². The Kier molecular flexibility index (Phi) is 14.9. The molecule has 6 N–H and O–H groups in total. The lowest BCUT2D eigenvalue weighted by Crippen LogP contribution is -1.85. The largest absolute Gasteiger partial charge is 0.457 e. The summed E-state index contributed by atoms with van der Waals surface area (Å²) in [5.41, 5.74) is 7.19. The van der Waals surface area contributed by atoms with Crippen LogP contribution in [0.15, 0.2) is 27.5 Å². The van der Waals surface area contributed by atoms with Crippen LogP contribution < -0.4 is 5.73 Å². The zero-order valence-corrected chi connectivity index (χ0v) is 24.3. The molecule has 0 radical (unpaired) electrons. The fourth-order valence-corrected chi connectivity index (χ4v) is 5.12. The minimum atomic E-state index is -0.520. The first-order valence-corrected chi connectivity index (χ1v) is 14.1. The number of aliphatic imine (C=N–C) groups is 1. The summed E-state index contributed by atoms with van der Waals surface area (Å²) in [6.45, 7) is 0. The number of aromatic nitrogens is 3. The van der Waals surface area contributed by atoms with Crippen molar-refractivity contribution < 1.29 is 20.2 Å². The fraction of sp³-hybridized carbons (Fsp3) is 0.421. The molecule has 2 saturated carbocycles. The Morgan fingerprint density at radius 2 is 1.26 bits per heavy atom. The molecule has 20 heteroatoms. The number of anilines is 1. The topological polar surface area (TPSA) is 263 Å². The van der Waals surface area contributed by atoms with Gasteiger partial charge < -0.3 is 16.6 Å². The van der Waals surface area contributed by atoms with Crippen LogP contribution in [-0.4, -0.2) is 41.1 Å². The molecule has 3 aromatic rings. The Balaban J connectivity index is 0.000000269. The third-order valence-corrected chi connectivity index (χ3v) is 7.69. The first kappa shape index (κ1) is 33.7. The van der Waals surface area contributed by atoms with Crippen molar-refractivity contribution in [2.45, 2.75) is 51.4 Å². The molecule has 16 nitrogen and oxygen atoms in total. The molecule has 2 aliphatic rings. The van der Waals surface area contributed by atoms with Crippen molar-refractivity contribution in [2.75, 3.05) is 5.73 Å². The van der Waals surface area contributed by atoms with E-state index in [0.717, 1.165) is 77.3 Å². The highest BCUT2D eigenvalue weighted by Gasteiger charge is 2.13. The fourth-order valence-electron chi connectivity index (χ4n) is 2.92. The predicted octanol–water partition coefficient (Wildman–Crippen LogP) is 5.80. The number of thiazole rings is 3. The molecule has 0 aliphatic heterocycles. The van der Waals surface area contributed by atoms with Crippen LogP contribution >= 0.6 is 49.9 Å². The Bertz CT molecular complexity index is 1230. The van der Waals surface area contributed by atoms with Crippen LogP contribution in [0.5, 0.6) is 0 Å². The highest BCUT2D eigenvalue weighted by atomic mass is 79.9. The molecule has 3 heterocycles. The van der Waals surface area contributed by atoms with Crippen molar-refractivity contribution in [1.82, 2.24) is 15.0 Å². The van der Waals surface area contributed by atoms with Gasteiger partial charge in [0, 0.05) is 11.4 Å². The standard InChI is InChI=1S/C8H9N3O2S.C5H9N.C3HBrN2O2S.C3H3N3O2S.H2O/c12-11(13)7-5-9-8(14-7)10-6-3-1-2-4-6;6-5-3-1-2-4-5;2*4-3-5-1-2(9-3)6(7)8;/h5H,1-4H2;6H,1-4H2;1H;1H,(H2,4,5);1H2/p+1. The maximum Gasteiger partial charge on any atom is 0.345 e. The lowest BCUT2D eigenvalue weighted by atomic mass is 10.3. The van der Waals surface area contributed by atoms with E-state index in [1.54, 1.807) is 0 Å². The molecule has 39 heavy (non-hydrogen) atoms. The molecule has 0 spiro atoms. The maximum absolute atomic E-state index is 10.4. The number of hydrogen-bond donors (Lipinski definition) is 2. The van der Waals surface area contributed by atoms with Gasteiger partial charge in [-0.3, -0.25) is 30.3 Å². The van der Waals surface area contributed by atoms with Crippen LogP contribution in [0.3, 0.4) is 0 Å². The third kappa shape index (κ3) is 12.8. The van der Waals surface area contributed by atoms with Gasteiger partial charge in [0.2, 0.25) is 5.13 Å². The highest BCUT2D eigenvalue weighted by molar-refractivity contribution is 9.11. The number of nitrogens with one attached hydrogen (secondary N) is 1. The number of hydrogen-bond acceptors (Lipinski definition) is 15. The zero-order valence-electron chi connectivity index (χ0n) is 20.2. The first-order chi connectivity index (χ1) is 18.0. The van der Waals surface area contributed by atoms with Crippen molar-refractivity contribution in [3.05, 3.63) is 52.9 Å². The number of nitro groups is 3. The SMILES string of the molecule is N=C1CCCC1.Nc1ncc([N+](=O)[O-])s1.O=[N+]([O-])c1cnc(Br)s1.O=[N+]([O-])c1cnc(N=C2CCCC2)s1.[OH3+]. The molecule has 2 fully saturated rings. The number of nitrogens with two attached hydrogens (primary N) is 1. The van der Waals surface area contributed by atoms with Gasteiger partial charge in [0.25, 0.3) is 0 Å². The molecule has 212 valence electrons. The van der Waals surface area contributed by atoms with Crippen molar-refractivity contribution in [2.24, 2.45) is 4.99 Å². The van der Waals surface area contributed by atoms with Gasteiger partial charge in [-0.25, -0.2) is 19.9 Å². The van der Waals surface area contributed by atoms with Gasteiger partial charge >= 0.3 is 15.0 Å². The van der Waals surface area contributed by atoms with E-state index in [2.05, 4.69) is 35.9 Å². The highest BCUT2D eigenvalue weighted by Crippen LogP contribution is 2.29. The molecule has 0 bridgehead atoms. The van der Waals surface area contributed by atoms with Crippen molar-refractivity contribution in [3.63, 3.8) is 0 Å². The lowest BCUT2D eigenvalue weighted by molar-refractivity contribution is -0.380. The molecular formula is C19H25BrN9O7S3+. The first-order valence-electron chi connectivity index (χ1n) is 10.9. The molecule has 0 unspecified atom stereocenters. The van der Waals surface area contributed by atoms with Gasteiger partial charge in [-0.05, 0) is 101 Å². The number of nitrogens with zero attached hydrogens (tertiary/aromatic N) is 7. The molecule has 0 saturated heterocycles. The van der Waals surface area contributed by atoms with Crippen LogP contribution in [0, 0.1) is 35.8 Å². The Hall–Kier alpha value is -3.33. The molecular weight excluding hydrogens is 642 g/mol. The second-order valence-corrected chi connectivity index (χ2v) is 11.7. The van der Waals surface area contributed by atoms with Crippen LogP contribution in [-0.2, 0) is 5.48 Å². The maximum atomic E-state index is 10.4. The van der Waals surface area contributed by atoms with E-state index in [0.29, 0.717) is 9.05 Å². The van der Waals surface area contributed by atoms with E-state index in [1.165, 1.54) is 38.1 Å². The van der Waals surface area contributed by atoms with E-state index < -0.39 is 14.8 Å². The van der Waals surface area contributed by atoms with Crippen LogP contribution in [0.2, 0.25) is 0 Å². The smallest absolute Gasteiger partial charge is 0.345 e. The van der Waals surface area contributed by atoms with Crippen molar-refractivity contribution >= 4 is 86.6 Å². The number of nitrogen functional groups attached to an aromatic ring is 1. The summed E-state index contributed by atoms with van der Waals surface area (Å²) >= 11 is 5.90. The van der Waals surface area contributed by atoms with Gasteiger partial charge in [0.05, 0.1) is 14.8 Å². The Labute approximate surface area is 241 Å². The van der Waals surface area contributed by atoms with Crippen LogP contribution in [0.1, 0.15) is 51.4 Å². The van der Waals surface area contributed by atoms with Gasteiger partial charge in [0.1, 0.15) is 18.6 Å². The summed E-state index contributed by atoms with van der Waals surface area (Å²) in [6.07, 6.45) is 12.6. The summed E-state index contributed by atoms with van der Waals surface area (Å²) in [5.74, 6) is 0. The lowest BCUT2D eigenvalue weighted by Gasteiger charge is -1.89. The van der Waals surface area contributed by atoms with E-state index in [9.17, 15) is 30.3 Å². The average molecular weight is 668 g/mol. The van der Waals surface area contributed by atoms with E-state index in [4.69, 9.17) is 11.1 Å². The van der Waals surface area contributed by atoms with E-state index in [-0.39, 0.29) is 25.6 Å². The quantitative estimate of drug-likeness (QED) is 0.192. The van der Waals surface area contributed by atoms with Gasteiger partial charge in [-0.1, -0.05) is 0 Å². The Morgan fingerprint density at radius 3 is 1.59 bits per heavy atom. The summed E-state index contributed by atoms with van der Waals surface area (Å²) in [7, 11) is 0. The van der Waals surface area contributed by atoms with Crippen LogP contribution in [0.4, 0.5) is 25.3 Å². The molecule has 0 aromatic carbocycles. The second-order valence-electron chi connectivity index (χ2n) is 7.44. The van der Waals surface area contributed by atoms with Crippen molar-refractivity contribution in [1.29, 1.82) is 5.41 Å². The average Bonchev–Trinajstić information content (AvgIpc) is 3.68. The minimum Gasteiger partial charge on any atom is -0.457 e. The predicted molar refractivity (Wildman–Crippen MR) is 155 cm³/mol.